The van der Waals surface area contributed by atoms with Gasteiger partial charge in [0, 0.05) is 12.6 Å². The van der Waals surface area contributed by atoms with E-state index in [4.69, 9.17) is 4.74 Å². The molecule has 1 rings (SSSR count). The van der Waals surface area contributed by atoms with E-state index in [9.17, 15) is 4.79 Å². The van der Waals surface area contributed by atoms with Crippen LogP contribution in [0.1, 0.15) is 59.8 Å². The van der Waals surface area contributed by atoms with Crippen molar-refractivity contribution < 1.29 is 9.53 Å². The van der Waals surface area contributed by atoms with Crippen molar-refractivity contribution in [1.82, 2.24) is 5.32 Å². The Hall–Kier alpha value is -0.570. The molecule has 3 heteroatoms. The highest BCUT2D eigenvalue weighted by Gasteiger charge is 2.19. The maximum atomic E-state index is 11.5. The van der Waals surface area contributed by atoms with Crippen LogP contribution < -0.4 is 5.32 Å². The highest BCUT2D eigenvalue weighted by molar-refractivity contribution is 5.70. The standard InChI is InChI=1S/C14H27NO2/c1-11-5-7-12(8-6-11)15-10-9-13(16)17-14(2,3)4/h11-12,15H,5-10H2,1-4H3. The van der Waals surface area contributed by atoms with Crippen LogP contribution in [0.4, 0.5) is 0 Å². The third kappa shape index (κ3) is 6.67. The lowest BCUT2D eigenvalue weighted by Crippen LogP contribution is -2.35. The average molecular weight is 241 g/mol. The summed E-state index contributed by atoms with van der Waals surface area (Å²) in [7, 11) is 0. The second kappa shape index (κ2) is 6.39. The summed E-state index contributed by atoms with van der Waals surface area (Å²) >= 11 is 0. The molecule has 3 nitrogen and oxygen atoms in total. The van der Waals surface area contributed by atoms with Gasteiger partial charge in [0.1, 0.15) is 5.60 Å². The van der Waals surface area contributed by atoms with Gasteiger partial charge in [0.15, 0.2) is 0 Å². The summed E-state index contributed by atoms with van der Waals surface area (Å²) in [4.78, 5) is 11.5. The summed E-state index contributed by atoms with van der Waals surface area (Å²) in [6.07, 6.45) is 5.59. The number of ether oxygens (including phenoxy) is 1. The third-order valence-electron chi connectivity index (χ3n) is 3.20. The summed E-state index contributed by atoms with van der Waals surface area (Å²) in [5.41, 5.74) is -0.364. The third-order valence-corrected chi connectivity index (χ3v) is 3.20. The molecule has 17 heavy (non-hydrogen) atoms. The Kier molecular flexibility index (Phi) is 5.44. The normalized spacial score (nSPS) is 25.6. The zero-order valence-corrected chi connectivity index (χ0v) is 11.7. The van der Waals surface area contributed by atoms with Gasteiger partial charge in [-0.3, -0.25) is 4.79 Å². The van der Waals surface area contributed by atoms with Crippen molar-refractivity contribution in [3.8, 4) is 0 Å². The number of carbonyl (C=O) groups excluding carboxylic acids is 1. The number of rotatable bonds is 4. The molecule has 0 atom stereocenters. The summed E-state index contributed by atoms with van der Waals surface area (Å²) in [5.74, 6) is 0.771. The van der Waals surface area contributed by atoms with E-state index in [1.54, 1.807) is 0 Å². The second-order valence-corrected chi connectivity index (χ2v) is 6.25. The van der Waals surface area contributed by atoms with E-state index in [1.807, 2.05) is 20.8 Å². The maximum absolute atomic E-state index is 11.5. The van der Waals surface area contributed by atoms with E-state index in [0.29, 0.717) is 12.5 Å². The van der Waals surface area contributed by atoms with Crippen molar-refractivity contribution >= 4 is 5.97 Å². The van der Waals surface area contributed by atoms with Crippen LogP contribution in [0.5, 0.6) is 0 Å². The van der Waals surface area contributed by atoms with Crippen LogP contribution >= 0.6 is 0 Å². The fraction of sp³-hybridized carbons (Fsp3) is 0.929. The zero-order valence-electron chi connectivity index (χ0n) is 11.7. The Morgan fingerprint density at radius 1 is 1.24 bits per heavy atom. The van der Waals surface area contributed by atoms with Crippen molar-refractivity contribution in [2.24, 2.45) is 5.92 Å². The Morgan fingerprint density at radius 3 is 2.35 bits per heavy atom. The lowest BCUT2D eigenvalue weighted by atomic mass is 9.87. The summed E-state index contributed by atoms with van der Waals surface area (Å²) in [6, 6.07) is 0.605. The Balaban J connectivity index is 2.09. The minimum absolute atomic E-state index is 0.103. The van der Waals surface area contributed by atoms with Gasteiger partial charge in [0.2, 0.25) is 0 Å². The topological polar surface area (TPSA) is 38.3 Å². The van der Waals surface area contributed by atoms with Crippen LogP contribution in [0, 0.1) is 5.92 Å². The van der Waals surface area contributed by atoms with E-state index in [0.717, 1.165) is 12.5 Å². The molecule has 1 N–H and O–H groups in total. The fourth-order valence-electron chi connectivity index (χ4n) is 2.24. The van der Waals surface area contributed by atoms with Gasteiger partial charge in [-0.25, -0.2) is 0 Å². The van der Waals surface area contributed by atoms with Gasteiger partial charge in [-0.15, -0.1) is 0 Å². The van der Waals surface area contributed by atoms with Gasteiger partial charge >= 0.3 is 5.97 Å². The minimum atomic E-state index is -0.364. The van der Waals surface area contributed by atoms with Gasteiger partial charge < -0.3 is 10.1 Å². The number of nitrogens with one attached hydrogen (secondary N) is 1. The van der Waals surface area contributed by atoms with E-state index in [2.05, 4.69) is 12.2 Å². The first-order chi connectivity index (χ1) is 7.87. The van der Waals surface area contributed by atoms with Crippen molar-refractivity contribution in [3.05, 3.63) is 0 Å². The summed E-state index contributed by atoms with van der Waals surface area (Å²) in [5, 5.41) is 3.46. The Bertz CT molecular complexity index is 237. The maximum Gasteiger partial charge on any atom is 0.307 e. The van der Waals surface area contributed by atoms with Crippen molar-refractivity contribution in [1.29, 1.82) is 0 Å². The quantitative estimate of drug-likeness (QED) is 0.769. The van der Waals surface area contributed by atoms with Crippen LogP contribution in [-0.2, 0) is 9.53 Å². The van der Waals surface area contributed by atoms with Gasteiger partial charge in [-0.05, 0) is 52.4 Å². The molecular weight excluding hydrogens is 214 g/mol. The molecule has 0 bridgehead atoms. The molecule has 100 valence electrons. The number of hydrogen-bond acceptors (Lipinski definition) is 3. The number of carbonyl (C=O) groups is 1. The SMILES string of the molecule is CC1CCC(NCCC(=O)OC(C)(C)C)CC1. The van der Waals surface area contributed by atoms with Crippen LogP contribution in [0.25, 0.3) is 0 Å². The van der Waals surface area contributed by atoms with Crippen molar-refractivity contribution in [3.63, 3.8) is 0 Å². The van der Waals surface area contributed by atoms with E-state index in [-0.39, 0.29) is 11.6 Å². The van der Waals surface area contributed by atoms with Crippen molar-refractivity contribution in [2.75, 3.05) is 6.54 Å². The summed E-state index contributed by atoms with van der Waals surface area (Å²) in [6.45, 7) is 8.77. The largest absolute Gasteiger partial charge is 0.460 e. The molecule has 0 aromatic rings. The predicted molar refractivity (Wildman–Crippen MR) is 69.9 cm³/mol. The first-order valence-corrected chi connectivity index (χ1v) is 6.82. The van der Waals surface area contributed by atoms with Crippen LogP contribution in [-0.4, -0.2) is 24.2 Å². The van der Waals surface area contributed by atoms with E-state index < -0.39 is 0 Å². The summed E-state index contributed by atoms with van der Waals surface area (Å²) < 4.78 is 5.27. The molecule has 0 saturated heterocycles. The molecule has 0 spiro atoms. The lowest BCUT2D eigenvalue weighted by molar-refractivity contribution is -0.154. The monoisotopic (exact) mass is 241 g/mol. The molecule has 1 saturated carbocycles. The molecule has 0 heterocycles. The molecule has 0 aliphatic heterocycles. The Morgan fingerprint density at radius 2 is 1.82 bits per heavy atom. The smallest absolute Gasteiger partial charge is 0.307 e. The first-order valence-electron chi connectivity index (χ1n) is 6.82. The van der Waals surface area contributed by atoms with E-state index >= 15 is 0 Å². The molecule has 0 radical (unpaired) electrons. The molecule has 1 aliphatic rings. The van der Waals surface area contributed by atoms with Crippen LogP contribution in [0.2, 0.25) is 0 Å². The highest BCUT2D eigenvalue weighted by atomic mass is 16.6. The molecule has 1 aliphatic carbocycles. The van der Waals surface area contributed by atoms with Gasteiger partial charge in [0.25, 0.3) is 0 Å². The fourth-order valence-corrected chi connectivity index (χ4v) is 2.24. The highest BCUT2D eigenvalue weighted by Crippen LogP contribution is 2.23. The first kappa shape index (κ1) is 14.5. The van der Waals surface area contributed by atoms with Crippen molar-refractivity contribution in [2.45, 2.75) is 71.4 Å². The van der Waals surface area contributed by atoms with Crippen LogP contribution in [0.15, 0.2) is 0 Å². The zero-order chi connectivity index (χ0) is 12.9. The van der Waals surface area contributed by atoms with Gasteiger partial charge in [0.05, 0.1) is 6.42 Å². The van der Waals surface area contributed by atoms with Gasteiger partial charge in [-0.1, -0.05) is 6.92 Å². The molecule has 0 aromatic heterocycles. The van der Waals surface area contributed by atoms with Gasteiger partial charge in [-0.2, -0.15) is 0 Å². The molecular formula is C14H27NO2. The molecule has 0 aromatic carbocycles. The molecule has 0 unspecified atom stereocenters. The Labute approximate surface area is 105 Å². The number of esters is 1. The average Bonchev–Trinajstić information content (AvgIpc) is 2.18. The molecule has 0 amide bonds. The van der Waals surface area contributed by atoms with Crippen LogP contribution in [0.3, 0.4) is 0 Å². The van der Waals surface area contributed by atoms with E-state index in [1.165, 1.54) is 25.7 Å². The number of hydrogen-bond donors (Lipinski definition) is 1. The molecule has 1 fully saturated rings. The minimum Gasteiger partial charge on any atom is -0.460 e. The lowest BCUT2D eigenvalue weighted by Gasteiger charge is -2.27. The second-order valence-electron chi connectivity index (χ2n) is 6.25. The predicted octanol–water partition coefficient (Wildman–Crippen LogP) is 2.89.